The van der Waals surface area contributed by atoms with E-state index in [1.165, 1.54) is 0 Å². The van der Waals surface area contributed by atoms with Crippen LogP contribution in [0.5, 0.6) is 0 Å². The van der Waals surface area contributed by atoms with Crippen LogP contribution in [0.25, 0.3) is 0 Å². The van der Waals surface area contributed by atoms with E-state index in [0.29, 0.717) is 0 Å². The van der Waals surface area contributed by atoms with Crippen molar-refractivity contribution in [1.82, 2.24) is 0 Å². The molecular formula is CoCuNiPd. The fourth-order valence-electron chi connectivity index (χ4n) is 0. The minimum atomic E-state index is 0. The predicted octanol–water partition coefficient (Wildman–Crippen LogP) is -0.0100. The summed E-state index contributed by atoms with van der Waals surface area (Å²) in [5.74, 6) is 0. The Labute approximate surface area is 70.1 Å². The monoisotopic (exact) mass is 286 g/mol. The fourth-order valence-corrected chi connectivity index (χ4v) is 0. The van der Waals surface area contributed by atoms with E-state index in [-0.39, 0.29) is 70.8 Å². The van der Waals surface area contributed by atoms with Crippen molar-refractivity contribution in [2.24, 2.45) is 0 Å². The predicted molar refractivity (Wildman–Crippen MR) is 0 cm³/mol. The molecule has 0 bridgehead atoms. The van der Waals surface area contributed by atoms with Crippen LogP contribution in [0.4, 0.5) is 0 Å². The largest absolute Gasteiger partial charge is 0 e. The number of hydrogen-bond acceptors (Lipinski definition) is 0. The van der Waals surface area contributed by atoms with E-state index in [0.717, 1.165) is 0 Å². The van der Waals surface area contributed by atoms with E-state index in [9.17, 15) is 0 Å². The molecule has 2 radical (unpaired) electrons. The van der Waals surface area contributed by atoms with Crippen LogP contribution in [0.1, 0.15) is 0 Å². The van der Waals surface area contributed by atoms with Crippen molar-refractivity contribution in [3.63, 3.8) is 0 Å². The van der Waals surface area contributed by atoms with Crippen molar-refractivity contribution in [2.75, 3.05) is 0 Å². The molecule has 0 amide bonds. The van der Waals surface area contributed by atoms with Gasteiger partial charge in [0.15, 0.2) is 0 Å². The van der Waals surface area contributed by atoms with Crippen molar-refractivity contribution >= 4 is 0 Å². The molecule has 0 fully saturated rings. The van der Waals surface area contributed by atoms with E-state index in [4.69, 9.17) is 0 Å². The molecule has 0 aromatic rings. The second-order valence-corrected chi connectivity index (χ2v) is 0. The molecule has 40 valence electrons. The Morgan fingerprint density at radius 2 is 1.00 bits per heavy atom. The van der Waals surface area contributed by atoms with Crippen LogP contribution in [-0.4, -0.2) is 0 Å². The van der Waals surface area contributed by atoms with Gasteiger partial charge < -0.3 is 0 Å². The van der Waals surface area contributed by atoms with Crippen LogP contribution in [-0.2, 0) is 70.8 Å². The third-order valence-corrected chi connectivity index (χ3v) is 0. The van der Waals surface area contributed by atoms with E-state index >= 15 is 0 Å². The standard InChI is InChI=1S/Co.Cu.Ni.Pd. The van der Waals surface area contributed by atoms with Crippen LogP contribution in [0.2, 0.25) is 0 Å². The van der Waals surface area contributed by atoms with Gasteiger partial charge in [0.25, 0.3) is 0 Å². The molecule has 0 nitrogen and oxygen atoms in total. The van der Waals surface area contributed by atoms with Gasteiger partial charge in [-0.05, 0) is 0 Å². The van der Waals surface area contributed by atoms with Gasteiger partial charge in [0.2, 0.25) is 0 Å². The zero-order valence-electron chi connectivity index (χ0n) is 1.27. The Kier molecular flexibility index (Phi) is 166. The van der Waals surface area contributed by atoms with E-state index < -0.39 is 0 Å². The van der Waals surface area contributed by atoms with Crippen molar-refractivity contribution in [3.05, 3.63) is 0 Å². The van der Waals surface area contributed by atoms with E-state index in [1.54, 1.807) is 0 Å². The van der Waals surface area contributed by atoms with Gasteiger partial charge >= 0.3 is 0 Å². The summed E-state index contributed by atoms with van der Waals surface area (Å²) in [6.45, 7) is 0. The maximum absolute atomic E-state index is 0. The van der Waals surface area contributed by atoms with Gasteiger partial charge in [-0.25, -0.2) is 0 Å². The first kappa shape index (κ1) is 34.9. The summed E-state index contributed by atoms with van der Waals surface area (Å²) < 4.78 is 0. The van der Waals surface area contributed by atoms with Crippen LogP contribution in [0, 0.1) is 0 Å². The SMILES string of the molecule is [Co].[Cu].[Ni].[Pd]. The summed E-state index contributed by atoms with van der Waals surface area (Å²) >= 11 is 0. The smallest absolute Gasteiger partial charge is 0 e. The number of rotatable bonds is 0. The molecule has 0 spiro atoms. The van der Waals surface area contributed by atoms with E-state index in [2.05, 4.69) is 0 Å². The van der Waals surface area contributed by atoms with Gasteiger partial charge in [-0.1, -0.05) is 0 Å². The average molecular weight is 288 g/mol. The maximum Gasteiger partial charge on any atom is 0 e. The van der Waals surface area contributed by atoms with Gasteiger partial charge in [0.1, 0.15) is 0 Å². The van der Waals surface area contributed by atoms with E-state index in [1.807, 2.05) is 0 Å². The zero-order valence-corrected chi connectivity index (χ0v) is 5.79. The van der Waals surface area contributed by atoms with Crippen LogP contribution >= 0.6 is 0 Å². The molecule has 0 aliphatic carbocycles. The molecule has 0 aliphatic heterocycles. The van der Waals surface area contributed by atoms with Crippen molar-refractivity contribution < 1.29 is 70.8 Å². The molecule has 0 heterocycles. The summed E-state index contributed by atoms with van der Waals surface area (Å²) in [6.07, 6.45) is 0. The second-order valence-electron chi connectivity index (χ2n) is 0. The topological polar surface area (TPSA) is 0 Å². The Morgan fingerprint density at radius 1 is 1.00 bits per heavy atom. The third kappa shape index (κ3) is 8.89. The molecule has 0 aliphatic rings. The fraction of sp³-hybridized carbons (Fsp3) is 0. The van der Waals surface area contributed by atoms with Crippen LogP contribution in [0.3, 0.4) is 0 Å². The summed E-state index contributed by atoms with van der Waals surface area (Å²) in [7, 11) is 0. The maximum atomic E-state index is 0. The molecule has 0 aromatic carbocycles. The van der Waals surface area contributed by atoms with Crippen molar-refractivity contribution in [2.45, 2.75) is 0 Å². The van der Waals surface area contributed by atoms with Gasteiger partial charge in [0, 0.05) is 70.8 Å². The molecule has 0 saturated heterocycles. The Morgan fingerprint density at radius 3 is 1.00 bits per heavy atom. The normalized spacial score (nSPS) is 0. The average Bonchev–Trinajstić information content (AvgIpc) is 0. The Bertz CT molecular complexity index is 8.00. The summed E-state index contributed by atoms with van der Waals surface area (Å²) in [5, 5.41) is 0. The Balaban J connectivity index is 0. The molecular weight excluding hydrogens is 288 g/mol. The summed E-state index contributed by atoms with van der Waals surface area (Å²) in [4.78, 5) is 0. The molecule has 0 unspecified atom stereocenters. The Hall–Kier alpha value is 2.18. The first-order chi connectivity index (χ1) is 0. The summed E-state index contributed by atoms with van der Waals surface area (Å²) in [6, 6.07) is 0. The van der Waals surface area contributed by atoms with Crippen molar-refractivity contribution in [3.8, 4) is 0 Å². The first-order valence-electron chi connectivity index (χ1n) is 0. The minimum absolute atomic E-state index is 0. The van der Waals surface area contributed by atoms with Gasteiger partial charge in [-0.2, -0.15) is 0 Å². The van der Waals surface area contributed by atoms with Gasteiger partial charge in [-0.15, -0.1) is 0 Å². The molecule has 4 heteroatoms. The molecule has 0 atom stereocenters. The third-order valence-electron chi connectivity index (χ3n) is 0. The summed E-state index contributed by atoms with van der Waals surface area (Å²) in [5.41, 5.74) is 0. The quantitative estimate of drug-likeness (QED) is 0.550. The zero-order chi connectivity index (χ0) is 0. The first-order valence-corrected chi connectivity index (χ1v) is 0. The molecule has 0 N–H and O–H groups in total. The van der Waals surface area contributed by atoms with Gasteiger partial charge in [0.05, 0.1) is 0 Å². The van der Waals surface area contributed by atoms with Crippen molar-refractivity contribution in [1.29, 1.82) is 0 Å². The van der Waals surface area contributed by atoms with Crippen LogP contribution < -0.4 is 0 Å². The molecule has 0 saturated carbocycles. The molecule has 0 rings (SSSR count). The number of hydrogen-bond donors (Lipinski definition) is 0. The van der Waals surface area contributed by atoms with Gasteiger partial charge in [-0.3, -0.25) is 0 Å². The second kappa shape index (κ2) is 19.0. The van der Waals surface area contributed by atoms with Crippen LogP contribution in [0.15, 0.2) is 0 Å². The minimum Gasteiger partial charge on any atom is 0 e. The molecule has 4 heavy (non-hydrogen) atoms. The molecule has 0 aromatic heterocycles.